The topological polar surface area (TPSA) is 61.8 Å². The molecule has 1 atom stereocenters. The van der Waals surface area contributed by atoms with E-state index in [2.05, 4.69) is 16.1 Å². The molecule has 0 spiro atoms. The van der Waals surface area contributed by atoms with Crippen molar-refractivity contribution in [3.05, 3.63) is 12.2 Å². The number of cyclic esters (lactones) is 1. The molecule has 1 heterocycles. The molecule has 1 aliphatic heterocycles. The molecule has 0 saturated carbocycles. The molecule has 1 unspecified atom stereocenters. The summed E-state index contributed by atoms with van der Waals surface area (Å²) in [5, 5.41) is 0. The molecule has 5 nitrogen and oxygen atoms in total. The van der Waals surface area contributed by atoms with Crippen LogP contribution < -0.4 is 0 Å². The molecule has 0 radical (unpaired) electrons. The maximum Gasteiger partial charge on any atom is 0.335 e. The van der Waals surface area contributed by atoms with Crippen LogP contribution in [-0.2, 0) is 23.8 Å². The number of carbonyl (C=O) groups excluding carboxylic acids is 2. The van der Waals surface area contributed by atoms with Gasteiger partial charge in [-0.15, -0.1) is 0 Å². The lowest BCUT2D eigenvalue weighted by Gasteiger charge is -2.08. The van der Waals surface area contributed by atoms with Crippen LogP contribution in [0.15, 0.2) is 12.2 Å². The van der Waals surface area contributed by atoms with Crippen molar-refractivity contribution in [3.8, 4) is 0 Å². The summed E-state index contributed by atoms with van der Waals surface area (Å²) in [7, 11) is 0. The molecular weight excluding hydrogens is 188 g/mol. The standard InChI is InChI=1S/C9H12O5/c1-6(2)8(10)14-5-13-7-3-4-12-9(7)11/h7H,1,3-5H2,2H3. The lowest BCUT2D eigenvalue weighted by Crippen LogP contribution is -2.21. The van der Waals surface area contributed by atoms with Gasteiger partial charge in [-0.3, -0.25) is 0 Å². The van der Waals surface area contributed by atoms with Gasteiger partial charge in [-0.25, -0.2) is 9.59 Å². The Balaban J connectivity index is 2.18. The van der Waals surface area contributed by atoms with E-state index in [1.165, 1.54) is 6.92 Å². The molecule has 0 bridgehead atoms. The van der Waals surface area contributed by atoms with Crippen molar-refractivity contribution in [1.82, 2.24) is 0 Å². The highest BCUT2D eigenvalue weighted by Gasteiger charge is 2.27. The Labute approximate surface area is 81.6 Å². The molecule has 0 aromatic heterocycles. The van der Waals surface area contributed by atoms with Gasteiger partial charge in [-0.1, -0.05) is 6.58 Å². The maximum absolute atomic E-state index is 10.9. The second-order valence-electron chi connectivity index (χ2n) is 2.94. The first kappa shape index (κ1) is 10.7. The minimum atomic E-state index is -0.604. The van der Waals surface area contributed by atoms with Crippen LogP contribution in [0.3, 0.4) is 0 Å². The second-order valence-corrected chi connectivity index (χ2v) is 2.94. The van der Waals surface area contributed by atoms with Gasteiger partial charge in [0.15, 0.2) is 12.9 Å². The van der Waals surface area contributed by atoms with Crippen LogP contribution in [0.2, 0.25) is 0 Å². The summed E-state index contributed by atoms with van der Waals surface area (Å²) < 4.78 is 14.3. The average molecular weight is 200 g/mol. The van der Waals surface area contributed by atoms with Gasteiger partial charge in [-0.2, -0.15) is 0 Å². The Morgan fingerprint density at radius 2 is 2.43 bits per heavy atom. The van der Waals surface area contributed by atoms with E-state index >= 15 is 0 Å². The van der Waals surface area contributed by atoms with Crippen molar-refractivity contribution in [3.63, 3.8) is 0 Å². The normalized spacial score (nSPS) is 20.4. The molecule has 14 heavy (non-hydrogen) atoms. The molecular formula is C9H12O5. The molecule has 1 fully saturated rings. The smallest absolute Gasteiger partial charge is 0.335 e. The summed E-state index contributed by atoms with van der Waals surface area (Å²) in [6, 6.07) is 0. The van der Waals surface area contributed by atoms with Crippen LogP contribution >= 0.6 is 0 Å². The van der Waals surface area contributed by atoms with E-state index in [0.717, 1.165) is 0 Å². The van der Waals surface area contributed by atoms with Crippen molar-refractivity contribution in [1.29, 1.82) is 0 Å². The van der Waals surface area contributed by atoms with Crippen molar-refractivity contribution in [2.24, 2.45) is 0 Å². The molecule has 1 aliphatic rings. The largest absolute Gasteiger partial charge is 0.464 e. The minimum absolute atomic E-state index is 0.245. The van der Waals surface area contributed by atoms with Crippen LogP contribution in [0.4, 0.5) is 0 Å². The summed E-state index contributed by atoms with van der Waals surface area (Å²) in [5.41, 5.74) is 0.294. The lowest BCUT2D eigenvalue weighted by molar-refractivity contribution is -0.165. The van der Waals surface area contributed by atoms with Crippen molar-refractivity contribution < 1.29 is 23.8 Å². The van der Waals surface area contributed by atoms with Crippen LogP contribution in [0, 0.1) is 0 Å². The van der Waals surface area contributed by atoms with E-state index in [1.54, 1.807) is 0 Å². The Morgan fingerprint density at radius 3 is 2.93 bits per heavy atom. The van der Waals surface area contributed by atoms with Crippen molar-refractivity contribution in [2.75, 3.05) is 13.4 Å². The number of rotatable bonds is 4. The summed E-state index contributed by atoms with van der Waals surface area (Å²) >= 11 is 0. The zero-order valence-electron chi connectivity index (χ0n) is 7.95. The minimum Gasteiger partial charge on any atom is -0.464 e. The number of ether oxygens (including phenoxy) is 3. The molecule has 78 valence electrons. The number of carbonyl (C=O) groups is 2. The quantitative estimate of drug-likeness (QED) is 0.373. The zero-order valence-corrected chi connectivity index (χ0v) is 7.95. The molecule has 1 rings (SSSR count). The Bertz CT molecular complexity index is 258. The maximum atomic E-state index is 10.9. The third kappa shape index (κ3) is 2.85. The average Bonchev–Trinajstić information content (AvgIpc) is 2.51. The predicted octanol–water partition coefficient (Wildman–Crippen LogP) is 0.395. The lowest BCUT2D eigenvalue weighted by atomic mass is 10.3. The zero-order chi connectivity index (χ0) is 10.6. The molecule has 0 aliphatic carbocycles. The van der Waals surface area contributed by atoms with E-state index in [1.807, 2.05) is 0 Å². The van der Waals surface area contributed by atoms with Gasteiger partial charge in [0.25, 0.3) is 0 Å². The number of esters is 2. The first-order chi connectivity index (χ1) is 6.61. The highest BCUT2D eigenvalue weighted by atomic mass is 16.7. The van der Waals surface area contributed by atoms with Gasteiger partial charge < -0.3 is 14.2 Å². The Hall–Kier alpha value is -1.36. The van der Waals surface area contributed by atoms with Crippen LogP contribution in [0.5, 0.6) is 0 Å². The fourth-order valence-corrected chi connectivity index (χ4v) is 0.922. The van der Waals surface area contributed by atoms with E-state index in [9.17, 15) is 9.59 Å². The third-order valence-electron chi connectivity index (χ3n) is 1.69. The van der Waals surface area contributed by atoms with E-state index in [4.69, 9.17) is 4.74 Å². The van der Waals surface area contributed by atoms with Crippen molar-refractivity contribution in [2.45, 2.75) is 19.4 Å². The van der Waals surface area contributed by atoms with Gasteiger partial charge in [0.1, 0.15) is 0 Å². The molecule has 1 saturated heterocycles. The molecule has 0 amide bonds. The Kier molecular flexibility index (Phi) is 3.64. The summed E-state index contributed by atoms with van der Waals surface area (Å²) in [5.74, 6) is -0.937. The van der Waals surface area contributed by atoms with E-state index < -0.39 is 18.0 Å². The Morgan fingerprint density at radius 1 is 1.71 bits per heavy atom. The summed E-state index contributed by atoms with van der Waals surface area (Å²) in [6.07, 6.45) is -0.100. The monoisotopic (exact) mass is 200 g/mol. The van der Waals surface area contributed by atoms with E-state index in [-0.39, 0.29) is 6.79 Å². The fraction of sp³-hybridized carbons (Fsp3) is 0.556. The predicted molar refractivity (Wildman–Crippen MR) is 46.2 cm³/mol. The first-order valence-corrected chi connectivity index (χ1v) is 4.22. The first-order valence-electron chi connectivity index (χ1n) is 4.22. The third-order valence-corrected chi connectivity index (χ3v) is 1.69. The van der Waals surface area contributed by atoms with Crippen LogP contribution in [-0.4, -0.2) is 31.4 Å². The number of hydrogen-bond acceptors (Lipinski definition) is 5. The SMILES string of the molecule is C=C(C)C(=O)OCOC1CCOC1=O. The van der Waals surface area contributed by atoms with Crippen LogP contribution in [0.25, 0.3) is 0 Å². The van der Waals surface area contributed by atoms with E-state index in [0.29, 0.717) is 18.6 Å². The highest BCUT2D eigenvalue weighted by molar-refractivity contribution is 5.86. The van der Waals surface area contributed by atoms with Gasteiger partial charge in [-0.05, 0) is 6.92 Å². The highest BCUT2D eigenvalue weighted by Crippen LogP contribution is 2.10. The summed E-state index contributed by atoms with van der Waals surface area (Å²) in [6.45, 7) is 5.05. The molecule has 0 aromatic carbocycles. The second kappa shape index (κ2) is 4.76. The fourth-order valence-electron chi connectivity index (χ4n) is 0.922. The van der Waals surface area contributed by atoms with Crippen molar-refractivity contribution >= 4 is 11.9 Å². The van der Waals surface area contributed by atoms with Gasteiger partial charge in [0.2, 0.25) is 0 Å². The number of hydrogen-bond donors (Lipinski definition) is 0. The van der Waals surface area contributed by atoms with Gasteiger partial charge in [0.05, 0.1) is 6.61 Å². The van der Waals surface area contributed by atoms with Gasteiger partial charge in [0, 0.05) is 12.0 Å². The molecule has 5 heteroatoms. The summed E-state index contributed by atoms with van der Waals surface area (Å²) in [4.78, 5) is 21.8. The van der Waals surface area contributed by atoms with Crippen LogP contribution in [0.1, 0.15) is 13.3 Å². The molecule has 0 N–H and O–H groups in total. The van der Waals surface area contributed by atoms with Gasteiger partial charge >= 0.3 is 11.9 Å². The molecule has 0 aromatic rings.